The lowest BCUT2D eigenvalue weighted by Crippen LogP contribution is -2.55. The van der Waals surface area contributed by atoms with Crippen LogP contribution in [0.5, 0.6) is 0 Å². The van der Waals surface area contributed by atoms with Crippen molar-refractivity contribution in [2.45, 2.75) is 45.8 Å². The summed E-state index contributed by atoms with van der Waals surface area (Å²) in [5, 5.41) is 3.41. The zero-order valence-corrected chi connectivity index (χ0v) is 23.4. The van der Waals surface area contributed by atoms with Gasteiger partial charge in [0.2, 0.25) is 11.8 Å². The van der Waals surface area contributed by atoms with Crippen LogP contribution < -0.4 is 9.62 Å². The number of carbonyl (C=O) groups excluding carboxylic acids is 2. The second-order valence-electron chi connectivity index (χ2n) is 9.41. The van der Waals surface area contributed by atoms with Gasteiger partial charge in [0.1, 0.15) is 18.4 Å². The average Bonchev–Trinajstić information content (AvgIpc) is 2.76. The van der Waals surface area contributed by atoms with Gasteiger partial charge in [-0.1, -0.05) is 29.3 Å². The quantitative estimate of drug-likeness (QED) is 0.500. The minimum Gasteiger partial charge on any atom is -0.350 e. The molecule has 0 bridgehead atoms. The number of hydrogen-bond acceptors (Lipinski definition) is 4. The van der Waals surface area contributed by atoms with Crippen molar-refractivity contribution in [3.63, 3.8) is 0 Å². The topological polar surface area (TPSA) is 90.0 Å². The fraction of sp³-hybridized carbons (Fsp3) is 0.417. The van der Waals surface area contributed by atoms with Gasteiger partial charge >= 0.3 is 10.2 Å². The van der Waals surface area contributed by atoms with Crippen LogP contribution in [0.4, 0.5) is 10.1 Å². The number of rotatable bonds is 9. The highest BCUT2D eigenvalue weighted by Crippen LogP contribution is 2.27. The molecule has 0 spiro atoms. The maximum atomic E-state index is 13.7. The molecule has 0 aliphatic carbocycles. The lowest BCUT2D eigenvalue weighted by atomic mass is 10.1. The Kier molecular flexibility index (Phi) is 9.75. The molecule has 1 atom stereocenters. The van der Waals surface area contributed by atoms with Crippen molar-refractivity contribution >= 4 is 50.9 Å². The highest BCUT2D eigenvalue weighted by atomic mass is 35.5. The van der Waals surface area contributed by atoms with E-state index in [0.29, 0.717) is 15.6 Å². The SMILES string of the molecule is CC(C(=O)NC(C)(C)C)N(Cc1c(Cl)cccc1Cl)C(=O)CN(c1ccc(F)cc1)S(=O)(=O)N(C)C. The van der Waals surface area contributed by atoms with E-state index in [-0.39, 0.29) is 12.2 Å². The molecule has 1 N–H and O–H groups in total. The Morgan fingerprint density at radius 1 is 1.03 bits per heavy atom. The van der Waals surface area contributed by atoms with Gasteiger partial charge in [-0.2, -0.15) is 12.7 Å². The molecule has 0 heterocycles. The van der Waals surface area contributed by atoms with Crippen LogP contribution in [-0.2, 0) is 26.3 Å². The third-order valence-corrected chi connectivity index (χ3v) is 7.72. The van der Waals surface area contributed by atoms with Crippen molar-refractivity contribution in [3.05, 3.63) is 63.9 Å². The van der Waals surface area contributed by atoms with E-state index in [1.165, 1.54) is 38.1 Å². The van der Waals surface area contributed by atoms with Crippen molar-refractivity contribution in [1.29, 1.82) is 0 Å². The first-order valence-electron chi connectivity index (χ1n) is 11.0. The van der Waals surface area contributed by atoms with Gasteiger partial charge in [0.05, 0.1) is 5.69 Å². The number of nitrogens with zero attached hydrogens (tertiary/aromatic N) is 3. The minimum absolute atomic E-state index is 0.0842. The predicted octanol–water partition coefficient (Wildman–Crippen LogP) is 4.08. The van der Waals surface area contributed by atoms with E-state index in [1.807, 2.05) is 0 Å². The second kappa shape index (κ2) is 11.8. The number of amides is 2. The van der Waals surface area contributed by atoms with Crippen LogP contribution in [0, 0.1) is 5.82 Å². The fourth-order valence-corrected chi connectivity index (χ4v) is 4.81. The lowest BCUT2D eigenvalue weighted by molar-refractivity contribution is -0.140. The molecule has 198 valence electrons. The minimum atomic E-state index is -4.15. The van der Waals surface area contributed by atoms with Crippen LogP contribution in [-0.4, -0.2) is 61.7 Å². The van der Waals surface area contributed by atoms with Crippen LogP contribution in [0.1, 0.15) is 33.3 Å². The number of halogens is 3. The molecule has 0 aliphatic rings. The Morgan fingerprint density at radius 2 is 1.56 bits per heavy atom. The highest BCUT2D eigenvalue weighted by Gasteiger charge is 2.34. The molecule has 36 heavy (non-hydrogen) atoms. The van der Waals surface area contributed by atoms with E-state index in [2.05, 4.69) is 5.32 Å². The van der Waals surface area contributed by atoms with Crippen molar-refractivity contribution in [2.24, 2.45) is 0 Å². The maximum absolute atomic E-state index is 13.7. The number of anilines is 1. The van der Waals surface area contributed by atoms with Gasteiger partial charge in [-0.05, 0) is 64.1 Å². The molecule has 0 radical (unpaired) electrons. The van der Waals surface area contributed by atoms with Crippen molar-refractivity contribution < 1.29 is 22.4 Å². The Morgan fingerprint density at radius 3 is 2.03 bits per heavy atom. The Bertz CT molecular complexity index is 1180. The lowest BCUT2D eigenvalue weighted by Gasteiger charge is -2.34. The number of hydrogen-bond donors (Lipinski definition) is 1. The molecule has 0 aliphatic heterocycles. The van der Waals surface area contributed by atoms with Crippen LogP contribution in [0.15, 0.2) is 42.5 Å². The highest BCUT2D eigenvalue weighted by molar-refractivity contribution is 7.90. The first-order valence-corrected chi connectivity index (χ1v) is 13.2. The largest absolute Gasteiger partial charge is 0.350 e. The normalized spacial score (nSPS) is 12.8. The molecule has 2 amide bonds. The van der Waals surface area contributed by atoms with Gasteiger partial charge in [0.15, 0.2) is 0 Å². The van der Waals surface area contributed by atoms with E-state index < -0.39 is 46.0 Å². The van der Waals surface area contributed by atoms with E-state index in [4.69, 9.17) is 23.2 Å². The molecular formula is C24H31Cl2FN4O4S. The first kappa shape index (κ1) is 29.8. The zero-order chi connectivity index (χ0) is 27.4. The summed E-state index contributed by atoms with van der Waals surface area (Å²) < 4.78 is 41.5. The summed E-state index contributed by atoms with van der Waals surface area (Å²) in [5.41, 5.74) is -0.0781. The molecule has 2 rings (SSSR count). The summed E-state index contributed by atoms with van der Waals surface area (Å²) in [6.45, 7) is 6.14. The van der Waals surface area contributed by atoms with E-state index in [9.17, 15) is 22.4 Å². The Balaban J connectivity index is 2.52. The molecule has 12 heteroatoms. The number of nitrogens with one attached hydrogen (secondary N) is 1. The summed E-state index contributed by atoms with van der Waals surface area (Å²) in [5.74, 6) is -1.69. The second-order valence-corrected chi connectivity index (χ2v) is 12.3. The number of benzene rings is 2. The van der Waals surface area contributed by atoms with Gasteiger partial charge < -0.3 is 10.2 Å². The summed E-state index contributed by atoms with van der Waals surface area (Å²) in [6, 6.07) is 8.57. The summed E-state index contributed by atoms with van der Waals surface area (Å²) in [7, 11) is -1.52. The van der Waals surface area contributed by atoms with Gasteiger partial charge in [-0.25, -0.2) is 8.70 Å². The van der Waals surface area contributed by atoms with Crippen molar-refractivity contribution in [3.8, 4) is 0 Å². The molecule has 0 saturated carbocycles. The van der Waals surface area contributed by atoms with Gasteiger partial charge in [-0.15, -0.1) is 0 Å². The Hall–Kier alpha value is -2.40. The van der Waals surface area contributed by atoms with E-state index in [1.54, 1.807) is 39.0 Å². The fourth-order valence-electron chi connectivity index (χ4n) is 3.23. The average molecular weight is 562 g/mol. The van der Waals surface area contributed by atoms with Gasteiger partial charge in [0.25, 0.3) is 0 Å². The maximum Gasteiger partial charge on any atom is 0.304 e. The standard InChI is InChI=1S/C24H31Cl2FN4O4S/c1-16(23(33)28-24(2,3)4)30(14-19-20(25)8-7-9-21(19)26)22(32)15-31(36(34,35)29(5)6)18-12-10-17(27)11-13-18/h7-13,16H,14-15H2,1-6H3,(H,28,33). The third-order valence-electron chi connectivity index (χ3n) is 5.19. The van der Waals surface area contributed by atoms with E-state index in [0.717, 1.165) is 20.7 Å². The molecule has 8 nitrogen and oxygen atoms in total. The molecule has 0 fully saturated rings. The van der Waals surface area contributed by atoms with Crippen LogP contribution in [0.25, 0.3) is 0 Å². The summed E-state index contributed by atoms with van der Waals surface area (Å²) in [4.78, 5) is 27.9. The van der Waals surface area contributed by atoms with Crippen LogP contribution in [0.2, 0.25) is 10.0 Å². The van der Waals surface area contributed by atoms with Crippen LogP contribution >= 0.6 is 23.2 Å². The molecule has 0 saturated heterocycles. The van der Waals surface area contributed by atoms with Gasteiger partial charge in [0, 0.05) is 41.8 Å². The molecule has 1 unspecified atom stereocenters. The summed E-state index contributed by atoms with van der Waals surface area (Å²) in [6.07, 6.45) is 0. The third kappa shape index (κ3) is 7.55. The van der Waals surface area contributed by atoms with Crippen LogP contribution in [0.3, 0.4) is 0 Å². The molecule has 2 aromatic carbocycles. The predicted molar refractivity (Wildman–Crippen MR) is 141 cm³/mol. The first-order chi connectivity index (χ1) is 16.5. The van der Waals surface area contributed by atoms with Crippen molar-refractivity contribution in [2.75, 3.05) is 24.9 Å². The van der Waals surface area contributed by atoms with Crippen molar-refractivity contribution in [1.82, 2.24) is 14.5 Å². The zero-order valence-electron chi connectivity index (χ0n) is 21.0. The monoisotopic (exact) mass is 560 g/mol. The number of carbonyl (C=O) groups is 2. The Labute approximate surface area is 222 Å². The molecule has 2 aromatic rings. The summed E-state index contributed by atoms with van der Waals surface area (Å²) >= 11 is 12.7. The van der Waals surface area contributed by atoms with E-state index >= 15 is 0 Å². The molecular weight excluding hydrogens is 530 g/mol. The smallest absolute Gasteiger partial charge is 0.304 e. The van der Waals surface area contributed by atoms with Gasteiger partial charge in [-0.3, -0.25) is 9.59 Å². The molecule has 0 aromatic heterocycles.